The van der Waals surface area contributed by atoms with Crippen LogP contribution < -0.4 is 24.5 Å². The van der Waals surface area contributed by atoms with Gasteiger partial charge in [-0.3, -0.25) is 24.0 Å². The molecule has 6 fully saturated rings. The number of halogens is 5. The summed E-state index contributed by atoms with van der Waals surface area (Å²) >= 11 is 23.4. The van der Waals surface area contributed by atoms with Gasteiger partial charge in [0, 0.05) is 107 Å². The minimum atomic E-state index is -0.475. The topological polar surface area (TPSA) is 240 Å². The Bertz CT molecular complexity index is 3460. The van der Waals surface area contributed by atoms with Gasteiger partial charge in [0.1, 0.15) is 45.6 Å². The molecule has 2 bridgehead atoms. The second kappa shape index (κ2) is 39.9. The molecule has 1 saturated carbocycles. The van der Waals surface area contributed by atoms with Crippen LogP contribution in [0.5, 0.6) is 0 Å². The molecule has 568 valence electrons. The maximum atomic E-state index is 12.5. The minimum absolute atomic E-state index is 0.0255. The Morgan fingerprint density at radius 3 is 1.17 bits per heavy atom. The fourth-order valence-corrected chi connectivity index (χ4v) is 18.7. The van der Waals surface area contributed by atoms with E-state index in [2.05, 4.69) is 136 Å². The minimum Gasteiger partial charge on any atom is -0.469 e. The van der Waals surface area contributed by atoms with Gasteiger partial charge in [-0.05, 0) is 231 Å². The summed E-state index contributed by atoms with van der Waals surface area (Å²) < 4.78 is 48.1. The second-order valence-corrected chi connectivity index (χ2v) is 36.0. The third kappa shape index (κ3) is 26.0. The number of hydrogen-bond donors (Lipinski definition) is 0. The van der Waals surface area contributed by atoms with Gasteiger partial charge >= 0.3 is 29.8 Å². The molecule has 5 saturated heterocycles. The van der Waals surface area contributed by atoms with E-state index in [1.807, 2.05) is 123 Å². The quantitative estimate of drug-likeness (QED) is 0.0506. The van der Waals surface area contributed by atoms with Crippen molar-refractivity contribution in [1.82, 2.24) is 24.9 Å². The van der Waals surface area contributed by atoms with Gasteiger partial charge in [-0.15, -0.1) is 45.3 Å². The largest absolute Gasteiger partial charge is 0.469 e. The lowest BCUT2D eigenvalue weighted by Gasteiger charge is -2.38. The van der Waals surface area contributed by atoms with Crippen LogP contribution in [0.2, 0.25) is 0 Å². The maximum absolute atomic E-state index is 12.5. The summed E-state index contributed by atoms with van der Waals surface area (Å²) in [4.78, 5) is 94.1. The summed E-state index contributed by atoms with van der Waals surface area (Å²) in [7, 11) is 3.13. The fourth-order valence-electron chi connectivity index (χ4n) is 13.2. The number of carbonyl (C=O) groups excluding carboxylic acids is 5. The smallest absolute Gasteiger partial charge is 0.312 e. The molecule has 5 aliphatic heterocycles. The van der Waals surface area contributed by atoms with Gasteiger partial charge in [0.05, 0.1) is 61.6 Å². The number of aromatic nitrogens is 5. The number of rotatable bonds is 16. The van der Waals surface area contributed by atoms with Crippen LogP contribution >= 0.6 is 125 Å². The number of piperidine rings is 5. The van der Waals surface area contributed by atoms with E-state index in [0.29, 0.717) is 70.1 Å². The van der Waals surface area contributed by atoms with Crippen LogP contribution in [-0.2, 0) is 61.9 Å². The van der Waals surface area contributed by atoms with Crippen LogP contribution in [0.15, 0.2) is 62.7 Å². The molecule has 1 unspecified atom stereocenters. The number of methoxy groups -OCH3 is 2. The summed E-state index contributed by atoms with van der Waals surface area (Å²) in [6, 6.07) is 5.83. The van der Waals surface area contributed by atoms with Crippen LogP contribution in [0, 0.1) is 47.3 Å². The highest BCUT2D eigenvalue weighted by molar-refractivity contribution is 9.11. The number of esters is 5. The molecule has 11 atom stereocenters. The molecular formula is C70H101Br5N10O13S4. The van der Waals surface area contributed by atoms with Crippen molar-refractivity contribution in [3.05, 3.63) is 62.7 Å². The van der Waals surface area contributed by atoms with Crippen molar-refractivity contribution in [2.75, 3.05) is 124 Å². The van der Waals surface area contributed by atoms with Crippen LogP contribution in [0.1, 0.15) is 129 Å². The normalized spacial score (nSPS) is 24.3. The molecule has 0 aromatic carbocycles. The number of hydrogen-bond acceptors (Lipinski definition) is 27. The van der Waals surface area contributed by atoms with Gasteiger partial charge in [0.2, 0.25) is 0 Å². The first-order valence-electron chi connectivity index (χ1n) is 34.7. The lowest BCUT2D eigenvalue weighted by molar-refractivity contribution is -0.167. The standard InChI is InChI=1S/C17H25BrN2O3.C15H23BrN2O3S.C14H21BrN2O3S.C12H15BrN2O2S.C12H17BrN2O2S/c1-5-22-13-11-20(15-8-6-7-14(18)19-15)10-9-12(13)16(21)23-17(2,3)4;1-5-20-11-8-18(14-17-12(16)9-22-14)7-6-10(11)13(19)21-15(2,3)4;1-14(2,3)20-12(18)9-5-6-17(7-10(9)19-4)13-16-11(15)8-21-13;1-17-11(16)10-7-2-3-8(10)5-15(4-7)12-14-9(13)6-18-12;1-3-17-11(16)9-4-5-15(6-8(9)2)12-14-10(13)7-18-12/h6-8,12-13H,5,9-11H2,1-4H3;9-11H,5-8H2,1-4H3;8-10H,5-7H2,1-4H3;6-8,10H,2-5H2,1H3;7-9H,3-6H2,1-2H3/t12-,13+;10-,11+;9-,10+;7-,8+,10?;8-,9+/m111.1/s1. The Morgan fingerprint density at radius 1 is 0.441 bits per heavy atom. The molecule has 0 N–H and O–H groups in total. The summed E-state index contributed by atoms with van der Waals surface area (Å²) in [6.45, 7) is 34.3. The molecule has 102 heavy (non-hydrogen) atoms. The molecular weight excluding hydrogens is 1720 g/mol. The van der Waals surface area contributed by atoms with Crippen LogP contribution in [0.3, 0.4) is 0 Å². The van der Waals surface area contributed by atoms with E-state index in [1.54, 1.807) is 52.5 Å². The predicted octanol–water partition coefficient (Wildman–Crippen LogP) is 15.5. The zero-order valence-electron chi connectivity index (χ0n) is 61.1. The highest BCUT2D eigenvalue weighted by Crippen LogP contribution is 2.45. The first-order chi connectivity index (χ1) is 48.2. The van der Waals surface area contributed by atoms with Gasteiger partial charge in [-0.25, -0.2) is 24.9 Å². The number of nitrogens with zero attached hydrogens (tertiary/aromatic N) is 10. The van der Waals surface area contributed by atoms with Crippen LogP contribution in [0.4, 0.5) is 26.3 Å². The average Bonchev–Trinajstić information content (AvgIpc) is 1.61. The molecule has 32 heteroatoms. The Hall–Kier alpha value is -3.70. The molecule has 11 rings (SSSR count). The van der Waals surface area contributed by atoms with Crippen molar-refractivity contribution >= 4 is 181 Å². The number of ether oxygens (including phenoxy) is 8. The summed E-state index contributed by atoms with van der Waals surface area (Å²) in [5.41, 5.74) is -1.41. The zero-order chi connectivity index (χ0) is 74.8. The molecule has 23 nitrogen and oxygen atoms in total. The first-order valence-corrected chi connectivity index (χ1v) is 42.2. The van der Waals surface area contributed by atoms with Gasteiger partial charge in [0.25, 0.3) is 0 Å². The molecule has 6 aliphatic rings. The molecule has 0 radical (unpaired) electrons. The van der Waals surface area contributed by atoms with E-state index in [1.165, 1.54) is 7.11 Å². The molecule has 0 amide bonds. The third-order valence-corrected chi connectivity index (χ3v) is 24.5. The highest BCUT2D eigenvalue weighted by Gasteiger charge is 2.48. The van der Waals surface area contributed by atoms with E-state index in [0.717, 1.165) is 121 Å². The van der Waals surface area contributed by atoms with Gasteiger partial charge < -0.3 is 62.4 Å². The number of pyridine rings is 1. The number of fused-ring (bicyclic) bond motifs is 2. The SMILES string of the molecule is CCOC(=O)[C@H]1CCN(c2nc(Br)cs2)C[C@H]1C.CCO[C@H]1CN(c2cccc(Br)n2)CC[C@H]1C(=O)OC(C)(C)C.CCO[C@H]1CN(c2nc(Br)cs2)CC[C@H]1C(=O)OC(C)(C)C.COC(=O)C1[C@@H]2CC[C@H]1CN(c1nc(Br)cs1)C2.CO[C@H]1CN(c2nc(Br)cs2)CC[C@H]1C(=O)OC(C)(C)C. The Labute approximate surface area is 660 Å². The van der Waals surface area contributed by atoms with Crippen molar-refractivity contribution in [3.8, 4) is 0 Å². The Balaban J connectivity index is 0.000000179. The van der Waals surface area contributed by atoms with Gasteiger partial charge in [-0.2, -0.15) is 0 Å². The number of anilines is 5. The van der Waals surface area contributed by atoms with Crippen molar-refractivity contribution in [2.45, 2.75) is 164 Å². The van der Waals surface area contributed by atoms with Crippen LogP contribution in [-0.4, -0.2) is 189 Å². The molecule has 1 aliphatic carbocycles. The van der Waals surface area contributed by atoms with E-state index in [9.17, 15) is 24.0 Å². The van der Waals surface area contributed by atoms with E-state index < -0.39 is 16.8 Å². The Kier molecular flexibility index (Phi) is 33.5. The maximum Gasteiger partial charge on any atom is 0.312 e. The van der Waals surface area contributed by atoms with Crippen molar-refractivity contribution in [2.24, 2.45) is 47.3 Å². The van der Waals surface area contributed by atoms with E-state index >= 15 is 0 Å². The highest BCUT2D eigenvalue weighted by atomic mass is 79.9. The monoisotopic (exact) mass is 1810 g/mol. The number of thiazole rings is 4. The molecule has 0 spiro atoms. The van der Waals surface area contributed by atoms with Gasteiger partial charge in [0.15, 0.2) is 20.5 Å². The first kappa shape index (κ1) is 85.5. The lowest BCUT2D eigenvalue weighted by atomic mass is 9.85. The summed E-state index contributed by atoms with van der Waals surface area (Å²) in [5.74, 6) is 0.972. The lowest BCUT2D eigenvalue weighted by Crippen LogP contribution is -2.49. The van der Waals surface area contributed by atoms with Crippen molar-refractivity contribution < 1.29 is 61.9 Å². The summed E-state index contributed by atoms with van der Waals surface area (Å²) in [5, 5.41) is 11.9. The van der Waals surface area contributed by atoms with E-state index in [-0.39, 0.29) is 77.7 Å². The molecule has 5 aromatic rings. The van der Waals surface area contributed by atoms with E-state index in [4.69, 9.17) is 37.9 Å². The van der Waals surface area contributed by atoms with Gasteiger partial charge in [-0.1, -0.05) is 13.0 Å². The van der Waals surface area contributed by atoms with Crippen molar-refractivity contribution in [3.63, 3.8) is 0 Å². The predicted molar refractivity (Wildman–Crippen MR) is 421 cm³/mol. The average molecular weight is 1820 g/mol. The third-order valence-electron chi connectivity index (χ3n) is 17.6. The molecule has 10 heterocycles. The summed E-state index contributed by atoms with van der Waals surface area (Å²) in [6.07, 6.45) is 4.74. The second-order valence-electron chi connectivity index (χ2n) is 28.6. The fraction of sp³-hybridized carbons (Fsp3) is 0.686. The molecule has 5 aromatic heterocycles. The number of carbonyl (C=O) groups is 5. The Morgan fingerprint density at radius 2 is 0.814 bits per heavy atom. The van der Waals surface area contributed by atoms with Crippen LogP contribution in [0.25, 0.3) is 0 Å². The van der Waals surface area contributed by atoms with Crippen molar-refractivity contribution in [1.29, 1.82) is 0 Å². The zero-order valence-corrected chi connectivity index (χ0v) is 72.3.